The Labute approximate surface area is 146 Å². The maximum absolute atomic E-state index is 5.84. The minimum atomic E-state index is 0.127. The Kier molecular flexibility index (Phi) is 6.52. The third-order valence-electron chi connectivity index (χ3n) is 5.46. The summed E-state index contributed by atoms with van der Waals surface area (Å²) in [6, 6.07) is 11.5. The molecule has 1 aromatic carbocycles. The molecule has 0 bridgehead atoms. The first-order valence-corrected chi connectivity index (χ1v) is 9.47. The quantitative estimate of drug-likeness (QED) is 0.754. The molecular weight excluding hydrogens is 300 g/mol. The van der Waals surface area contributed by atoms with Crippen LogP contribution in [0.2, 0.25) is 0 Å². The predicted octanol–water partition coefficient (Wildman–Crippen LogP) is 2.93. The first kappa shape index (κ1) is 17.7. The van der Waals surface area contributed by atoms with Gasteiger partial charge in [-0.25, -0.2) is 0 Å². The summed E-state index contributed by atoms with van der Waals surface area (Å²) in [6.45, 7) is 6.19. The maximum atomic E-state index is 5.84. The van der Waals surface area contributed by atoms with Crippen molar-refractivity contribution in [2.24, 2.45) is 5.92 Å². The highest BCUT2D eigenvalue weighted by molar-refractivity contribution is 5.20. The van der Waals surface area contributed by atoms with E-state index in [4.69, 9.17) is 9.47 Å². The van der Waals surface area contributed by atoms with E-state index in [-0.39, 0.29) is 6.10 Å². The van der Waals surface area contributed by atoms with Crippen LogP contribution in [0.3, 0.4) is 0 Å². The van der Waals surface area contributed by atoms with E-state index in [1.54, 1.807) is 7.11 Å². The summed E-state index contributed by atoms with van der Waals surface area (Å²) in [5.41, 5.74) is 0. The molecule has 2 fully saturated rings. The number of benzene rings is 1. The highest BCUT2D eigenvalue weighted by Crippen LogP contribution is 2.34. The molecule has 4 heteroatoms. The molecule has 0 amide bonds. The number of hydrogen-bond donors (Lipinski definition) is 1. The summed E-state index contributed by atoms with van der Waals surface area (Å²) < 4.78 is 11.5. The Bertz CT molecular complexity index is 474. The number of piperidine rings is 1. The number of nitrogens with zero attached hydrogens (tertiary/aromatic N) is 1. The molecule has 2 aliphatic rings. The van der Waals surface area contributed by atoms with Gasteiger partial charge in [0.05, 0.1) is 0 Å². The Balaban J connectivity index is 1.35. The number of likely N-dealkylation sites (tertiary alicyclic amines) is 1. The standard InChI is InChI=1S/C20H32N2O2/c1-3-16-13-20(16)21-17-9-11-22(12-10-17)14-19(23-2)15-24-18-7-5-4-6-8-18/h4-8,16-17,19-21H,3,9-15H2,1-2H3/t16-,19?,20-/m0/s1. The normalized spacial score (nSPS) is 26.2. The number of rotatable bonds is 9. The summed E-state index contributed by atoms with van der Waals surface area (Å²) in [5, 5.41) is 3.85. The highest BCUT2D eigenvalue weighted by atomic mass is 16.5. The molecule has 134 valence electrons. The van der Waals surface area contributed by atoms with Gasteiger partial charge in [0.1, 0.15) is 18.5 Å². The van der Waals surface area contributed by atoms with Crippen molar-refractivity contribution in [3.05, 3.63) is 30.3 Å². The van der Waals surface area contributed by atoms with Gasteiger partial charge in [-0.05, 0) is 50.4 Å². The minimum Gasteiger partial charge on any atom is -0.491 e. The van der Waals surface area contributed by atoms with Crippen LogP contribution in [0, 0.1) is 5.92 Å². The summed E-state index contributed by atoms with van der Waals surface area (Å²) in [6.07, 6.45) is 5.35. The van der Waals surface area contributed by atoms with Gasteiger partial charge in [0.25, 0.3) is 0 Å². The lowest BCUT2D eigenvalue weighted by atomic mass is 10.0. The van der Waals surface area contributed by atoms with Gasteiger partial charge in [-0.1, -0.05) is 31.5 Å². The van der Waals surface area contributed by atoms with Gasteiger partial charge in [0.2, 0.25) is 0 Å². The largest absolute Gasteiger partial charge is 0.491 e. The van der Waals surface area contributed by atoms with Crippen LogP contribution in [0.4, 0.5) is 0 Å². The first-order valence-electron chi connectivity index (χ1n) is 9.47. The zero-order valence-corrected chi connectivity index (χ0v) is 15.1. The number of methoxy groups -OCH3 is 1. The van der Waals surface area contributed by atoms with Crippen LogP contribution >= 0.6 is 0 Å². The minimum absolute atomic E-state index is 0.127. The van der Waals surface area contributed by atoms with Gasteiger partial charge in [0.15, 0.2) is 0 Å². The molecule has 1 unspecified atom stereocenters. The lowest BCUT2D eigenvalue weighted by Crippen LogP contribution is -2.46. The average molecular weight is 332 g/mol. The molecule has 1 aliphatic heterocycles. The summed E-state index contributed by atoms with van der Waals surface area (Å²) in [4.78, 5) is 2.52. The molecule has 3 atom stereocenters. The summed E-state index contributed by atoms with van der Waals surface area (Å²) in [5.74, 6) is 1.86. The van der Waals surface area contributed by atoms with Gasteiger partial charge in [0, 0.05) is 25.7 Å². The van der Waals surface area contributed by atoms with Crippen LogP contribution in [0.1, 0.15) is 32.6 Å². The van der Waals surface area contributed by atoms with Crippen molar-refractivity contribution in [1.29, 1.82) is 0 Å². The Morgan fingerprint density at radius 3 is 2.58 bits per heavy atom. The van der Waals surface area contributed by atoms with Crippen molar-refractivity contribution < 1.29 is 9.47 Å². The average Bonchev–Trinajstić information content (AvgIpc) is 3.39. The van der Waals surface area contributed by atoms with E-state index >= 15 is 0 Å². The lowest BCUT2D eigenvalue weighted by Gasteiger charge is -2.34. The van der Waals surface area contributed by atoms with Crippen molar-refractivity contribution in [2.75, 3.05) is 33.4 Å². The van der Waals surface area contributed by atoms with Crippen LogP contribution in [0.5, 0.6) is 5.75 Å². The van der Waals surface area contributed by atoms with Gasteiger partial charge in [-0.3, -0.25) is 0 Å². The summed E-state index contributed by atoms with van der Waals surface area (Å²) in [7, 11) is 1.78. The molecule has 3 rings (SSSR count). The second-order valence-electron chi connectivity index (χ2n) is 7.23. The van der Waals surface area contributed by atoms with Crippen LogP contribution in [-0.4, -0.2) is 56.4 Å². The predicted molar refractivity (Wildman–Crippen MR) is 97.5 cm³/mol. The van der Waals surface area contributed by atoms with Gasteiger partial charge < -0.3 is 19.7 Å². The Morgan fingerprint density at radius 2 is 1.96 bits per heavy atom. The van der Waals surface area contributed by atoms with E-state index in [1.165, 1.54) is 25.7 Å². The van der Waals surface area contributed by atoms with Crippen molar-refractivity contribution in [3.63, 3.8) is 0 Å². The Morgan fingerprint density at radius 1 is 1.21 bits per heavy atom. The van der Waals surface area contributed by atoms with E-state index in [0.717, 1.165) is 37.3 Å². The third kappa shape index (κ3) is 5.20. The summed E-state index contributed by atoms with van der Waals surface area (Å²) >= 11 is 0. The van der Waals surface area contributed by atoms with E-state index in [9.17, 15) is 0 Å². The SMILES string of the molecule is CC[C@H]1C[C@@H]1NC1CCN(CC(COc2ccccc2)OC)CC1. The lowest BCUT2D eigenvalue weighted by molar-refractivity contribution is 0.0227. The molecule has 0 radical (unpaired) electrons. The fourth-order valence-electron chi connectivity index (χ4n) is 3.68. The molecule has 4 nitrogen and oxygen atoms in total. The molecule has 0 aromatic heterocycles. The molecule has 1 heterocycles. The highest BCUT2D eigenvalue weighted by Gasteiger charge is 2.37. The third-order valence-corrected chi connectivity index (χ3v) is 5.46. The maximum Gasteiger partial charge on any atom is 0.119 e. The van der Waals surface area contributed by atoms with Crippen LogP contribution < -0.4 is 10.1 Å². The topological polar surface area (TPSA) is 33.7 Å². The second kappa shape index (κ2) is 8.84. The van der Waals surface area contributed by atoms with Gasteiger partial charge in [-0.2, -0.15) is 0 Å². The molecule has 1 N–H and O–H groups in total. The zero-order valence-electron chi connectivity index (χ0n) is 15.1. The smallest absolute Gasteiger partial charge is 0.119 e. The van der Waals surface area contributed by atoms with Crippen LogP contribution in [0.15, 0.2) is 30.3 Å². The van der Waals surface area contributed by atoms with E-state index in [2.05, 4.69) is 17.1 Å². The second-order valence-corrected chi connectivity index (χ2v) is 7.23. The zero-order chi connectivity index (χ0) is 16.8. The van der Waals surface area contributed by atoms with Crippen molar-refractivity contribution in [1.82, 2.24) is 10.2 Å². The molecule has 1 aliphatic carbocycles. The molecule has 1 saturated carbocycles. The van der Waals surface area contributed by atoms with Crippen molar-refractivity contribution in [3.8, 4) is 5.75 Å². The van der Waals surface area contributed by atoms with Crippen molar-refractivity contribution in [2.45, 2.75) is 50.8 Å². The van der Waals surface area contributed by atoms with Crippen molar-refractivity contribution >= 4 is 0 Å². The number of para-hydroxylation sites is 1. The molecule has 1 aromatic rings. The number of nitrogens with one attached hydrogen (secondary N) is 1. The molecule has 1 saturated heterocycles. The van der Waals surface area contributed by atoms with E-state index in [0.29, 0.717) is 12.6 Å². The van der Waals surface area contributed by atoms with Gasteiger partial charge in [-0.15, -0.1) is 0 Å². The van der Waals surface area contributed by atoms with E-state index in [1.807, 2.05) is 30.3 Å². The monoisotopic (exact) mass is 332 g/mol. The molecule has 0 spiro atoms. The number of ether oxygens (including phenoxy) is 2. The molecular formula is C20H32N2O2. The van der Waals surface area contributed by atoms with E-state index < -0.39 is 0 Å². The van der Waals surface area contributed by atoms with Crippen LogP contribution in [-0.2, 0) is 4.74 Å². The Hall–Kier alpha value is -1.10. The molecule has 24 heavy (non-hydrogen) atoms. The number of hydrogen-bond acceptors (Lipinski definition) is 4. The van der Waals surface area contributed by atoms with Gasteiger partial charge >= 0.3 is 0 Å². The fraction of sp³-hybridized carbons (Fsp3) is 0.700. The fourth-order valence-corrected chi connectivity index (χ4v) is 3.68. The van der Waals surface area contributed by atoms with Crippen LogP contribution in [0.25, 0.3) is 0 Å². The first-order chi connectivity index (χ1) is 11.8.